The van der Waals surface area contributed by atoms with Crippen LogP contribution < -0.4 is 10.9 Å². The predicted molar refractivity (Wildman–Crippen MR) is 171 cm³/mol. The van der Waals surface area contributed by atoms with Crippen LogP contribution in [0.15, 0.2) is 111 Å². The monoisotopic (exact) mass is 586 g/mol. The zero-order valence-electron chi connectivity index (χ0n) is 23.5. The summed E-state index contributed by atoms with van der Waals surface area (Å²) in [6.07, 6.45) is 2.28. The lowest BCUT2D eigenvalue weighted by Crippen LogP contribution is -2.20. The molecule has 6 aromatic rings. The van der Waals surface area contributed by atoms with Gasteiger partial charge in [0.2, 0.25) is 0 Å². The molecule has 3 heterocycles. The van der Waals surface area contributed by atoms with Crippen LogP contribution in [-0.4, -0.2) is 20.6 Å². The normalized spacial score (nSPS) is 14.6. The van der Waals surface area contributed by atoms with Gasteiger partial charge in [-0.15, -0.1) is 0 Å². The molecule has 0 bridgehead atoms. The van der Waals surface area contributed by atoms with E-state index < -0.39 is 5.63 Å². The third kappa shape index (κ3) is 4.77. The number of hydrogen-bond donors (Lipinski definition) is 2. The van der Waals surface area contributed by atoms with Gasteiger partial charge in [0, 0.05) is 28.8 Å². The van der Waals surface area contributed by atoms with Crippen molar-refractivity contribution in [1.82, 2.24) is 9.78 Å². The number of halogens is 1. The van der Waals surface area contributed by atoms with E-state index in [1.54, 1.807) is 0 Å². The van der Waals surface area contributed by atoms with E-state index in [-0.39, 0.29) is 23.8 Å². The Bertz CT molecular complexity index is 2100. The van der Waals surface area contributed by atoms with Crippen LogP contribution in [0.4, 0.5) is 11.4 Å². The molecule has 8 heteroatoms. The molecule has 212 valence electrons. The van der Waals surface area contributed by atoms with Crippen molar-refractivity contribution in [3.05, 3.63) is 135 Å². The maximum Gasteiger partial charge on any atom is 0.349 e. The molecule has 0 saturated heterocycles. The van der Waals surface area contributed by atoms with E-state index in [2.05, 4.69) is 5.32 Å². The Hall–Kier alpha value is -5.14. The van der Waals surface area contributed by atoms with Crippen LogP contribution in [0.5, 0.6) is 5.75 Å². The molecule has 4 aromatic carbocycles. The summed E-state index contributed by atoms with van der Waals surface area (Å²) in [7, 11) is 0. The number of nitrogens with zero attached hydrogens (tertiary/aromatic N) is 3. The Morgan fingerprint density at radius 1 is 0.930 bits per heavy atom. The smallest absolute Gasteiger partial charge is 0.349 e. The highest BCUT2D eigenvalue weighted by molar-refractivity contribution is 6.30. The summed E-state index contributed by atoms with van der Waals surface area (Å²) >= 11 is 6.23. The Labute approximate surface area is 252 Å². The van der Waals surface area contributed by atoms with E-state index in [4.69, 9.17) is 26.1 Å². The van der Waals surface area contributed by atoms with E-state index in [1.807, 2.05) is 116 Å². The molecular formula is C35H27ClN4O3. The van der Waals surface area contributed by atoms with Gasteiger partial charge in [0.05, 0.1) is 39.9 Å². The molecular weight excluding hydrogens is 560 g/mol. The minimum Gasteiger partial charge on any atom is -0.506 e. The number of fused-ring (bicyclic) bond motifs is 2. The van der Waals surface area contributed by atoms with E-state index >= 15 is 0 Å². The molecule has 43 heavy (non-hydrogen) atoms. The average Bonchev–Trinajstić information content (AvgIpc) is 3.36. The van der Waals surface area contributed by atoms with Crippen molar-refractivity contribution in [3.63, 3.8) is 0 Å². The van der Waals surface area contributed by atoms with Crippen molar-refractivity contribution in [1.29, 1.82) is 0 Å². The summed E-state index contributed by atoms with van der Waals surface area (Å²) in [6, 6.07) is 28.5. The molecule has 2 aromatic heterocycles. The standard InChI is InChI=1S/C35H27ClN4O3/c1-20-12-13-21(2)34-30(20)33(41)31(35(42)43-34)29-18-28(37-26-10-6-7-11-27(26)38-29)25-19-40(24-8-4-3-5-9-24)39-32(25)22-14-16-23(36)17-15-22/h3-17,19,28,37,41H,18H2,1-2H3. The molecule has 0 aliphatic carbocycles. The highest BCUT2D eigenvalue weighted by atomic mass is 35.5. The minimum atomic E-state index is -0.631. The molecule has 1 atom stereocenters. The lowest BCUT2D eigenvalue weighted by Gasteiger charge is -2.19. The van der Waals surface area contributed by atoms with Gasteiger partial charge in [-0.05, 0) is 61.4 Å². The molecule has 0 spiro atoms. The molecule has 0 fully saturated rings. The van der Waals surface area contributed by atoms with Crippen LogP contribution in [0.2, 0.25) is 5.02 Å². The van der Waals surface area contributed by atoms with Crippen molar-refractivity contribution in [3.8, 4) is 22.7 Å². The van der Waals surface area contributed by atoms with Crippen LogP contribution in [0.1, 0.15) is 34.7 Å². The number of aromatic nitrogens is 2. The van der Waals surface area contributed by atoms with Crippen LogP contribution >= 0.6 is 11.6 Å². The quantitative estimate of drug-likeness (QED) is 0.203. The molecule has 1 unspecified atom stereocenters. The zero-order chi connectivity index (χ0) is 29.7. The Morgan fingerprint density at radius 3 is 2.44 bits per heavy atom. The number of aliphatic imine (C=N–C) groups is 1. The number of anilines is 1. The predicted octanol–water partition coefficient (Wildman–Crippen LogP) is 8.30. The zero-order valence-corrected chi connectivity index (χ0v) is 24.3. The number of hydrogen-bond acceptors (Lipinski definition) is 6. The lowest BCUT2D eigenvalue weighted by molar-refractivity contribution is 0.465. The van der Waals surface area contributed by atoms with E-state index in [9.17, 15) is 9.90 Å². The lowest BCUT2D eigenvalue weighted by atomic mass is 9.94. The van der Waals surface area contributed by atoms with Crippen molar-refractivity contribution in [2.75, 3.05) is 5.32 Å². The largest absolute Gasteiger partial charge is 0.506 e. The Balaban J connectivity index is 1.43. The Morgan fingerprint density at radius 2 is 1.65 bits per heavy atom. The first-order valence-corrected chi connectivity index (χ1v) is 14.4. The number of aryl methyl sites for hydroxylation is 2. The Kier molecular flexibility index (Phi) is 6.59. The molecule has 1 aliphatic rings. The highest BCUT2D eigenvalue weighted by Gasteiger charge is 2.30. The van der Waals surface area contributed by atoms with Crippen LogP contribution in [0.25, 0.3) is 27.9 Å². The second-order valence-corrected chi connectivity index (χ2v) is 11.1. The first-order chi connectivity index (χ1) is 20.9. The van der Waals surface area contributed by atoms with E-state index in [0.29, 0.717) is 27.4 Å². The number of nitrogens with one attached hydrogen (secondary N) is 1. The van der Waals surface area contributed by atoms with E-state index in [0.717, 1.165) is 39.3 Å². The van der Waals surface area contributed by atoms with Crippen LogP contribution in [0.3, 0.4) is 0 Å². The summed E-state index contributed by atoms with van der Waals surface area (Å²) in [6.45, 7) is 3.74. The van der Waals surface area contributed by atoms with Gasteiger partial charge in [-0.25, -0.2) is 9.48 Å². The molecule has 7 rings (SSSR count). The number of aromatic hydroxyl groups is 1. The maximum absolute atomic E-state index is 13.5. The summed E-state index contributed by atoms with van der Waals surface area (Å²) in [5, 5.41) is 21.4. The van der Waals surface area contributed by atoms with Crippen molar-refractivity contribution < 1.29 is 9.52 Å². The van der Waals surface area contributed by atoms with Gasteiger partial charge in [0.1, 0.15) is 16.9 Å². The topological polar surface area (TPSA) is 92.7 Å². The summed E-state index contributed by atoms with van der Waals surface area (Å²) in [4.78, 5) is 18.5. The van der Waals surface area contributed by atoms with Crippen molar-refractivity contribution in [2.45, 2.75) is 26.3 Å². The number of benzene rings is 4. The van der Waals surface area contributed by atoms with Crippen LogP contribution in [0, 0.1) is 13.8 Å². The molecule has 0 saturated carbocycles. The van der Waals surface area contributed by atoms with Gasteiger partial charge in [-0.1, -0.05) is 66.2 Å². The van der Waals surface area contributed by atoms with Gasteiger partial charge >= 0.3 is 5.63 Å². The summed E-state index contributed by atoms with van der Waals surface area (Å²) < 4.78 is 7.68. The maximum atomic E-state index is 13.5. The van der Waals surface area contributed by atoms with Crippen LogP contribution in [-0.2, 0) is 0 Å². The summed E-state index contributed by atoms with van der Waals surface area (Å²) in [5.74, 6) is -0.123. The fourth-order valence-electron chi connectivity index (χ4n) is 5.68. The van der Waals surface area contributed by atoms with Gasteiger partial charge < -0.3 is 14.8 Å². The van der Waals surface area contributed by atoms with Gasteiger partial charge in [-0.2, -0.15) is 5.10 Å². The SMILES string of the molecule is Cc1ccc(C)c2c(O)c(C3=Nc4ccccc4NC(c4cn(-c5ccccc5)nc4-c4ccc(Cl)cc4)C3)c(=O)oc12. The summed E-state index contributed by atoms with van der Waals surface area (Å²) in [5.41, 5.74) is 6.73. The second-order valence-electron chi connectivity index (χ2n) is 10.7. The first-order valence-electron chi connectivity index (χ1n) is 14.0. The fourth-order valence-corrected chi connectivity index (χ4v) is 5.81. The highest BCUT2D eigenvalue weighted by Crippen LogP contribution is 2.40. The van der Waals surface area contributed by atoms with Gasteiger partial charge in [-0.3, -0.25) is 4.99 Å². The molecule has 2 N–H and O–H groups in total. The second kappa shape index (κ2) is 10.6. The first kappa shape index (κ1) is 26.7. The molecule has 7 nitrogen and oxygen atoms in total. The minimum absolute atomic E-state index is 0.0631. The van der Waals surface area contributed by atoms with Gasteiger partial charge in [0.15, 0.2) is 0 Å². The molecule has 0 radical (unpaired) electrons. The third-order valence-electron chi connectivity index (χ3n) is 7.87. The molecule has 0 amide bonds. The molecule has 1 aliphatic heterocycles. The van der Waals surface area contributed by atoms with Crippen molar-refractivity contribution in [2.24, 2.45) is 4.99 Å². The third-order valence-corrected chi connectivity index (χ3v) is 8.12. The fraction of sp³-hybridized carbons (Fsp3) is 0.114. The number of para-hydroxylation sites is 3. The van der Waals surface area contributed by atoms with Crippen molar-refractivity contribution >= 4 is 39.7 Å². The number of rotatable bonds is 4. The average molecular weight is 587 g/mol. The van der Waals surface area contributed by atoms with E-state index in [1.165, 1.54) is 0 Å². The van der Waals surface area contributed by atoms with Gasteiger partial charge in [0.25, 0.3) is 0 Å².